The Hall–Kier alpha value is -3.44. The predicted octanol–water partition coefficient (Wildman–Crippen LogP) is 2.31. The van der Waals surface area contributed by atoms with E-state index in [-0.39, 0.29) is 53.7 Å². The number of ether oxygens (including phenoxy) is 1. The zero-order chi connectivity index (χ0) is 26.4. The number of benzene rings is 2. The molecule has 0 radical (unpaired) electrons. The average molecular weight is 532 g/mol. The van der Waals surface area contributed by atoms with Crippen LogP contribution in [0.1, 0.15) is 23.2 Å². The Morgan fingerprint density at radius 3 is 2.43 bits per heavy atom. The second-order valence-corrected chi connectivity index (χ2v) is 11.2. The maximum Gasteiger partial charge on any atom is 0.310 e. The van der Waals surface area contributed by atoms with Crippen LogP contribution in [-0.2, 0) is 32.2 Å². The van der Waals surface area contributed by atoms with Gasteiger partial charge in [-0.05, 0) is 29.7 Å². The number of esters is 1. The third-order valence-corrected chi connectivity index (χ3v) is 7.63. The molecule has 1 aromatic heterocycles. The molecule has 1 fully saturated rings. The zero-order valence-corrected chi connectivity index (χ0v) is 20.9. The summed E-state index contributed by atoms with van der Waals surface area (Å²) in [4.78, 5) is 26.7. The van der Waals surface area contributed by atoms with Gasteiger partial charge in [0.25, 0.3) is 0 Å². The van der Waals surface area contributed by atoms with E-state index in [9.17, 15) is 26.8 Å². The van der Waals surface area contributed by atoms with Gasteiger partial charge < -0.3 is 9.64 Å². The highest BCUT2D eigenvalue weighted by Crippen LogP contribution is 2.13. The van der Waals surface area contributed by atoms with E-state index in [1.165, 1.54) is 16.9 Å². The molecule has 0 bridgehead atoms. The molecule has 1 aliphatic heterocycles. The van der Waals surface area contributed by atoms with Crippen molar-refractivity contribution in [3.63, 3.8) is 0 Å². The highest BCUT2D eigenvalue weighted by molar-refractivity contribution is 7.91. The van der Waals surface area contributed by atoms with Gasteiger partial charge in [0.2, 0.25) is 5.43 Å². The SMILES string of the molecule is O=C(Cc1cccc(Cc2nn(-c3cc(F)cc(F)c3)ccc2=O)c1)OCCCN1CCS(=O)(=O)CC1. The summed E-state index contributed by atoms with van der Waals surface area (Å²) in [5.74, 6) is -1.55. The summed E-state index contributed by atoms with van der Waals surface area (Å²) in [6.45, 7) is 1.92. The van der Waals surface area contributed by atoms with Crippen LogP contribution in [0.25, 0.3) is 5.69 Å². The van der Waals surface area contributed by atoms with Gasteiger partial charge in [-0.2, -0.15) is 5.10 Å². The van der Waals surface area contributed by atoms with Crippen molar-refractivity contribution in [2.75, 3.05) is 37.7 Å². The van der Waals surface area contributed by atoms with Gasteiger partial charge in [0.15, 0.2) is 9.84 Å². The van der Waals surface area contributed by atoms with Crippen LogP contribution in [0.15, 0.2) is 59.5 Å². The van der Waals surface area contributed by atoms with Crippen LogP contribution in [-0.4, -0.2) is 66.8 Å². The lowest BCUT2D eigenvalue weighted by atomic mass is 10.0. The van der Waals surface area contributed by atoms with Crippen LogP contribution in [0.5, 0.6) is 0 Å². The minimum atomic E-state index is -2.92. The van der Waals surface area contributed by atoms with Gasteiger partial charge in [0, 0.05) is 44.4 Å². The number of rotatable bonds is 9. The summed E-state index contributed by atoms with van der Waals surface area (Å²) in [7, 11) is -2.92. The molecular formula is C26H27F2N3O5S. The Kier molecular flexibility index (Phi) is 8.45. The van der Waals surface area contributed by atoms with Gasteiger partial charge >= 0.3 is 5.97 Å². The smallest absolute Gasteiger partial charge is 0.310 e. The summed E-state index contributed by atoms with van der Waals surface area (Å²) in [5.41, 5.74) is 1.49. The van der Waals surface area contributed by atoms with Crippen LogP contribution in [0.4, 0.5) is 8.78 Å². The second kappa shape index (κ2) is 11.7. The summed E-state index contributed by atoms with van der Waals surface area (Å²) in [5, 5.41) is 4.25. The largest absolute Gasteiger partial charge is 0.465 e. The van der Waals surface area contributed by atoms with Gasteiger partial charge in [0.1, 0.15) is 17.3 Å². The van der Waals surface area contributed by atoms with E-state index in [2.05, 4.69) is 10.00 Å². The zero-order valence-electron chi connectivity index (χ0n) is 20.1. The third-order valence-electron chi connectivity index (χ3n) is 6.02. The molecule has 4 rings (SSSR count). The van der Waals surface area contributed by atoms with Crippen LogP contribution in [0.3, 0.4) is 0 Å². The van der Waals surface area contributed by atoms with E-state index in [4.69, 9.17) is 4.74 Å². The summed E-state index contributed by atoms with van der Waals surface area (Å²) >= 11 is 0. The number of nitrogens with zero attached hydrogens (tertiary/aromatic N) is 3. The lowest BCUT2D eigenvalue weighted by molar-refractivity contribution is -0.143. The normalized spacial score (nSPS) is 15.4. The van der Waals surface area contributed by atoms with Gasteiger partial charge in [0.05, 0.1) is 30.2 Å². The first-order valence-corrected chi connectivity index (χ1v) is 13.7. The Balaban J connectivity index is 1.31. The van der Waals surface area contributed by atoms with Crippen molar-refractivity contribution in [2.24, 2.45) is 0 Å². The highest BCUT2D eigenvalue weighted by Gasteiger charge is 2.21. The molecule has 11 heteroatoms. The number of aromatic nitrogens is 2. The van der Waals surface area contributed by atoms with Crippen molar-refractivity contribution in [2.45, 2.75) is 19.3 Å². The minimum Gasteiger partial charge on any atom is -0.465 e. The van der Waals surface area contributed by atoms with E-state index in [1.54, 1.807) is 24.3 Å². The maximum atomic E-state index is 13.6. The molecule has 2 aromatic carbocycles. The monoisotopic (exact) mass is 531 g/mol. The fraction of sp³-hybridized carbons (Fsp3) is 0.346. The van der Waals surface area contributed by atoms with Crippen LogP contribution >= 0.6 is 0 Å². The second-order valence-electron chi connectivity index (χ2n) is 8.94. The minimum absolute atomic E-state index is 0.0603. The number of hydrogen-bond acceptors (Lipinski definition) is 7. The molecule has 0 spiro atoms. The van der Waals surface area contributed by atoms with Crippen molar-refractivity contribution in [1.82, 2.24) is 14.7 Å². The van der Waals surface area contributed by atoms with E-state index in [0.717, 1.165) is 23.8 Å². The Morgan fingerprint density at radius 2 is 1.70 bits per heavy atom. The van der Waals surface area contributed by atoms with Crippen LogP contribution < -0.4 is 5.43 Å². The molecule has 0 aliphatic carbocycles. The number of hydrogen-bond donors (Lipinski definition) is 0. The van der Waals surface area contributed by atoms with Crippen LogP contribution in [0, 0.1) is 11.6 Å². The quantitative estimate of drug-likeness (QED) is 0.309. The summed E-state index contributed by atoms with van der Waals surface area (Å²) in [6.07, 6.45) is 2.20. The first-order chi connectivity index (χ1) is 17.7. The molecule has 196 valence electrons. The van der Waals surface area contributed by atoms with Gasteiger partial charge in [-0.3, -0.25) is 9.59 Å². The topological polar surface area (TPSA) is 98.6 Å². The van der Waals surface area contributed by atoms with E-state index < -0.39 is 21.5 Å². The van der Waals surface area contributed by atoms with Crippen molar-refractivity contribution >= 4 is 15.8 Å². The van der Waals surface area contributed by atoms with Crippen molar-refractivity contribution in [3.8, 4) is 5.69 Å². The van der Waals surface area contributed by atoms with Gasteiger partial charge in [-0.15, -0.1) is 0 Å². The molecule has 8 nitrogen and oxygen atoms in total. The van der Waals surface area contributed by atoms with E-state index >= 15 is 0 Å². The van der Waals surface area contributed by atoms with Crippen LogP contribution in [0.2, 0.25) is 0 Å². The third kappa shape index (κ3) is 7.77. The molecule has 1 saturated heterocycles. The average Bonchev–Trinajstić information content (AvgIpc) is 2.84. The summed E-state index contributed by atoms with van der Waals surface area (Å²) < 4.78 is 56.7. The molecule has 0 amide bonds. The van der Waals surface area contributed by atoms with E-state index in [1.807, 2.05) is 0 Å². The van der Waals surface area contributed by atoms with Crippen molar-refractivity contribution < 1.29 is 26.7 Å². The first kappa shape index (κ1) is 26.6. The molecule has 1 aliphatic rings. The number of carbonyl (C=O) groups excluding carboxylic acids is 1. The van der Waals surface area contributed by atoms with Crippen molar-refractivity contribution in [1.29, 1.82) is 0 Å². The summed E-state index contributed by atoms with van der Waals surface area (Å²) in [6, 6.07) is 11.4. The molecular weight excluding hydrogens is 504 g/mol. The first-order valence-electron chi connectivity index (χ1n) is 11.9. The highest BCUT2D eigenvalue weighted by atomic mass is 32.2. The number of halogens is 2. The van der Waals surface area contributed by atoms with Gasteiger partial charge in [-0.25, -0.2) is 21.9 Å². The number of sulfone groups is 1. The molecule has 3 aromatic rings. The fourth-order valence-electron chi connectivity index (χ4n) is 4.09. The maximum absolute atomic E-state index is 13.6. The molecule has 37 heavy (non-hydrogen) atoms. The van der Waals surface area contributed by atoms with Crippen molar-refractivity contribution in [3.05, 3.63) is 93.4 Å². The Bertz CT molecular complexity index is 1410. The number of carbonyl (C=O) groups is 1. The standard InChI is InChI=1S/C26H27F2N3O5S/c27-21-16-22(28)18-23(17-21)31-7-5-25(32)24(29-31)14-19-3-1-4-20(13-19)15-26(33)36-10-2-6-30-8-11-37(34,35)12-9-30/h1,3-5,7,13,16-18H,2,6,8-12,14-15H2. The predicted molar refractivity (Wildman–Crippen MR) is 133 cm³/mol. The molecule has 0 atom stereocenters. The Labute approximate surface area is 213 Å². The molecule has 0 saturated carbocycles. The van der Waals surface area contributed by atoms with Gasteiger partial charge in [-0.1, -0.05) is 24.3 Å². The molecule has 2 heterocycles. The lowest BCUT2D eigenvalue weighted by Gasteiger charge is -2.26. The fourth-order valence-corrected chi connectivity index (χ4v) is 5.37. The molecule has 0 N–H and O–H groups in total. The lowest BCUT2D eigenvalue weighted by Crippen LogP contribution is -2.40. The molecule has 0 unspecified atom stereocenters. The van der Waals surface area contributed by atoms with E-state index in [0.29, 0.717) is 31.6 Å². The Morgan fingerprint density at radius 1 is 1.00 bits per heavy atom.